The summed E-state index contributed by atoms with van der Waals surface area (Å²) in [7, 11) is 0. The summed E-state index contributed by atoms with van der Waals surface area (Å²) in [6.45, 7) is 7.80. The van der Waals surface area contributed by atoms with Crippen LogP contribution >= 0.6 is 0 Å². The minimum atomic E-state index is 0.831. The average molecular weight is 115 g/mol. The van der Waals surface area contributed by atoms with E-state index in [1.165, 1.54) is 13.1 Å². The molecule has 0 radical (unpaired) electrons. The van der Waals surface area contributed by atoms with Crippen LogP contribution in [0.3, 0.4) is 0 Å². The summed E-state index contributed by atoms with van der Waals surface area (Å²) in [5.74, 6) is 0. The fourth-order valence-electron chi connectivity index (χ4n) is 1.30. The predicted molar refractivity (Wildman–Crippen MR) is 34.2 cm³/mol. The van der Waals surface area contributed by atoms with Crippen molar-refractivity contribution in [2.45, 2.75) is 19.9 Å². The summed E-state index contributed by atoms with van der Waals surface area (Å²) in [6, 6.07) is 0.838. The fourth-order valence-corrected chi connectivity index (χ4v) is 1.30. The Morgan fingerprint density at radius 1 is 1.75 bits per heavy atom. The third-order valence-electron chi connectivity index (χ3n) is 2.42. The average Bonchev–Trinajstić information content (AvgIpc) is 2.43. The first kappa shape index (κ1) is 6.05. The zero-order valence-electron chi connectivity index (χ0n) is 5.72. The van der Waals surface area contributed by atoms with E-state index in [0.717, 1.165) is 17.2 Å². The van der Waals surface area contributed by atoms with Gasteiger partial charge in [-0.25, -0.2) is 0 Å². The lowest BCUT2D eigenvalue weighted by Gasteiger charge is -2.13. The third-order valence-corrected chi connectivity index (χ3v) is 2.42. The van der Waals surface area contributed by atoms with Gasteiger partial charge in [0.25, 0.3) is 0 Å². The van der Waals surface area contributed by atoms with Crippen LogP contribution in [0.2, 0.25) is 0 Å². The molecular weight excluding hydrogens is 100 g/mol. The van der Waals surface area contributed by atoms with Crippen molar-refractivity contribution in [3.8, 4) is 0 Å². The van der Waals surface area contributed by atoms with Crippen molar-refractivity contribution >= 4 is 0 Å². The molecule has 1 aliphatic rings. The number of nitrogens with zero attached hydrogens (tertiary/aromatic N) is 1. The van der Waals surface area contributed by atoms with Crippen molar-refractivity contribution in [1.82, 2.24) is 0 Å². The molecule has 0 aromatic rings. The maximum atomic E-state index is 5.54. The van der Waals surface area contributed by atoms with E-state index in [1.807, 2.05) is 0 Å². The topological polar surface area (TPSA) is 26.0 Å². The van der Waals surface area contributed by atoms with Crippen molar-refractivity contribution in [1.29, 1.82) is 0 Å². The van der Waals surface area contributed by atoms with Crippen LogP contribution in [-0.4, -0.2) is 30.3 Å². The summed E-state index contributed by atoms with van der Waals surface area (Å²) < 4.78 is 1.15. The van der Waals surface area contributed by atoms with Gasteiger partial charge >= 0.3 is 0 Å². The molecule has 2 atom stereocenters. The summed E-state index contributed by atoms with van der Waals surface area (Å²) in [5.41, 5.74) is 5.54. The predicted octanol–water partition coefficient (Wildman–Crippen LogP) is 0.141. The van der Waals surface area contributed by atoms with Gasteiger partial charge in [-0.05, 0) is 13.8 Å². The zero-order chi connectivity index (χ0) is 6.20. The number of hydrogen-bond donors (Lipinski definition) is 1. The first-order valence-corrected chi connectivity index (χ1v) is 3.31. The molecule has 2 nitrogen and oxygen atoms in total. The number of nitrogens with two attached hydrogens (primary N) is 1. The van der Waals surface area contributed by atoms with Crippen LogP contribution in [-0.2, 0) is 0 Å². The second-order valence-electron chi connectivity index (χ2n) is 2.75. The van der Waals surface area contributed by atoms with Crippen LogP contribution in [0.5, 0.6) is 0 Å². The Labute approximate surface area is 50.9 Å². The molecule has 2 N–H and O–H groups in total. The molecule has 1 heterocycles. The molecule has 1 saturated heterocycles. The van der Waals surface area contributed by atoms with Gasteiger partial charge in [0.05, 0.1) is 6.54 Å². The van der Waals surface area contributed by atoms with Gasteiger partial charge in [-0.15, -0.1) is 0 Å². The molecule has 1 fully saturated rings. The fraction of sp³-hybridized carbons (Fsp3) is 1.00. The second kappa shape index (κ2) is 1.71. The lowest BCUT2D eigenvalue weighted by molar-refractivity contribution is -0.810. The Kier molecular flexibility index (Phi) is 1.29. The molecule has 8 heavy (non-hydrogen) atoms. The quantitative estimate of drug-likeness (QED) is 0.402. The van der Waals surface area contributed by atoms with Crippen molar-refractivity contribution in [2.24, 2.45) is 5.73 Å². The lowest BCUT2D eigenvalue weighted by atomic mass is 10.5. The Balaban J connectivity index is 2.39. The number of quaternary nitrogens is 1. The normalized spacial score (nSPS) is 44.6. The van der Waals surface area contributed by atoms with Gasteiger partial charge in [-0.3, -0.25) is 10.2 Å². The molecular formula is C6H15N2+. The molecule has 0 amide bonds. The first-order chi connectivity index (χ1) is 3.75. The molecule has 1 aliphatic heterocycles. The third kappa shape index (κ3) is 0.644. The lowest BCUT2D eigenvalue weighted by Crippen LogP contribution is -2.34. The van der Waals surface area contributed by atoms with Crippen LogP contribution in [0.1, 0.15) is 13.8 Å². The van der Waals surface area contributed by atoms with Gasteiger partial charge in [0.2, 0.25) is 0 Å². The monoisotopic (exact) mass is 115 g/mol. The number of likely N-dealkylation sites (N-methyl/N-ethyl adjacent to an activating group) is 1. The molecule has 0 bridgehead atoms. The van der Waals surface area contributed by atoms with Crippen LogP contribution in [0, 0.1) is 0 Å². The molecule has 1 rings (SSSR count). The van der Waals surface area contributed by atoms with Crippen LogP contribution in [0.4, 0.5) is 0 Å². The molecule has 48 valence electrons. The van der Waals surface area contributed by atoms with Crippen molar-refractivity contribution in [3.63, 3.8) is 0 Å². The standard InChI is InChI=1S/C6H15N2/c1-3-8(5-7)4-6(8)2/h6H,3-5,7H2,1-2H3/q+1. The van der Waals surface area contributed by atoms with Gasteiger partial charge in [0.15, 0.2) is 0 Å². The van der Waals surface area contributed by atoms with Crippen molar-refractivity contribution in [2.75, 3.05) is 19.8 Å². The van der Waals surface area contributed by atoms with Gasteiger partial charge in [0, 0.05) is 0 Å². The summed E-state index contributed by atoms with van der Waals surface area (Å²) in [6.07, 6.45) is 0. The highest BCUT2D eigenvalue weighted by atomic mass is 15.5. The van der Waals surface area contributed by atoms with E-state index < -0.39 is 0 Å². The zero-order valence-corrected chi connectivity index (χ0v) is 5.72. The molecule has 0 saturated carbocycles. The van der Waals surface area contributed by atoms with Crippen LogP contribution in [0.25, 0.3) is 0 Å². The van der Waals surface area contributed by atoms with Crippen LogP contribution in [0.15, 0.2) is 0 Å². The highest BCUT2D eigenvalue weighted by Gasteiger charge is 2.48. The summed E-state index contributed by atoms with van der Waals surface area (Å²) in [5, 5.41) is 0. The maximum absolute atomic E-state index is 5.54. The molecule has 0 aromatic carbocycles. The van der Waals surface area contributed by atoms with Crippen LogP contribution < -0.4 is 5.73 Å². The van der Waals surface area contributed by atoms with Gasteiger partial charge in [-0.1, -0.05) is 0 Å². The van der Waals surface area contributed by atoms with E-state index in [1.54, 1.807) is 0 Å². The van der Waals surface area contributed by atoms with E-state index in [9.17, 15) is 0 Å². The minimum absolute atomic E-state index is 0.831. The van der Waals surface area contributed by atoms with Crippen molar-refractivity contribution in [3.05, 3.63) is 0 Å². The number of rotatable bonds is 2. The largest absolute Gasteiger partial charge is 0.300 e. The summed E-state index contributed by atoms with van der Waals surface area (Å²) >= 11 is 0. The molecule has 2 heteroatoms. The Hall–Kier alpha value is -0.0800. The molecule has 2 unspecified atom stereocenters. The Morgan fingerprint density at radius 2 is 2.25 bits per heavy atom. The van der Waals surface area contributed by atoms with Gasteiger partial charge in [0.1, 0.15) is 19.3 Å². The first-order valence-electron chi connectivity index (χ1n) is 3.31. The van der Waals surface area contributed by atoms with Gasteiger partial charge < -0.3 is 0 Å². The molecule has 0 spiro atoms. The Morgan fingerprint density at radius 3 is 2.25 bits per heavy atom. The van der Waals surface area contributed by atoms with E-state index in [0.29, 0.717) is 0 Å². The minimum Gasteiger partial charge on any atom is -0.300 e. The van der Waals surface area contributed by atoms with Crippen molar-refractivity contribution < 1.29 is 4.48 Å². The highest BCUT2D eigenvalue weighted by Crippen LogP contribution is 2.27. The second-order valence-corrected chi connectivity index (χ2v) is 2.75. The maximum Gasteiger partial charge on any atom is 0.137 e. The smallest absolute Gasteiger partial charge is 0.137 e. The molecule has 0 aromatic heterocycles. The van der Waals surface area contributed by atoms with E-state index in [2.05, 4.69) is 13.8 Å². The van der Waals surface area contributed by atoms with Gasteiger partial charge in [-0.2, -0.15) is 0 Å². The van der Waals surface area contributed by atoms with E-state index >= 15 is 0 Å². The summed E-state index contributed by atoms with van der Waals surface area (Å²) in [4.78, 5) is 0. The Bertz CT molecular complexity index is 81.0. The number of hydrogen-bond acceptors (Lipinski definition) is 1. The van der Waals surface area contributed by atoms with E-state index in [-0.39, 0.29) is 0 Å². The van der Waals surface area contributed by atoms with E-state index in [4.69, 9.17) is 5.73 Å². The molecule has 0 aliphatic carbocycles. The highest BCUT2D eigenvalue weighted by molar-refractivity contribution is 4.66. The SMILES string of the molecule is CC[N+]1(CN)CC1C.